The van der Waals surface area contributed by atoms with Crippen molar-refractivity contribution in [2.75, 3.05) is 6.54 Å². The second kappa shape index (κ2) is 5.67. The van der Waals surface area contributed by atoms with Gasteiger partial charge in [0.2, 0.25) is 0 Å². The van der Waals surface area contributed by atoms with E-state index in [1.54, 1.807) is 11.3 Å². The fraction of sp³-hybridized carbons (Fsp3) is 0.600. The van der Waals surface area contributed by atoms with E-state index in [0.717, 1.165) is 19.3 Å². The first-order valence-electron chi connectivity index (χ1n) is 7.44. The van der Waals surface area contributed by atoms with Gasteiger partial charge in [-0.25, -0.2) is 4.79 Å². The highest BCUT2D eigenvalue weighted by Crippen LogP contribution is 2.33. The van der Waals surface area contributed by atoms with Gasteiger partial charge in [-0.05, 0) is 43.2 Å². The molecule has 2 heterocycles. The molecule has 1 aliphatic heterocycles. The molecule has 0 radical (unpaired) electrons. The molecule has 3 unspecified atom stereocenters. The minimum Gasteiger partial charge on any atom is -0.481 e. The summed E-state index contributed by atoms with van der Waals surface area (Å²) in [4.78, 5) is 26.9. The Kier molecular flexibility index (Phi) is 3.89. The first-order valence-corrected chi connectivity index (χ1v) is 8.32. The van der Waals surface area contributed by atoms with Gasteiger partial charge in [-0.2, -0.15) is 0 Å². The summed E-state index contributed by atoms with van der Waals surface area (Å²) in [5.41, 5.74) is 1.22. The van der Waals surface area contributed by atoms with Crippen LogP contribution < -0.4 is 5.32 Å². The molecule has 2 amide bonds. The van der Waals surface area contributed by atoms with E-state index in [1.807, 2.05) is 11.8 Å². The van der Waals surface area contributed by atoms with Gasteiger partial charge in [0.25, 0.3) is 0 Å². The number of urea groups is 1. The van der Waals surface area contributed by atoms with E-state index >= 15 is 0 Å². The second-order valence-electron chi connectivity index (χ2n) is 5.85. The lowest BCUT2D eigenvalue weighted by molar-refractivity contribution is -0.142. The van der Waals surface area contributed by atoms with Crippen LogP contribution in [0.4, 0.5) is 4.79 Å². The van der Waals surface area contributed by atoms with Crippen molar-refractivity contribution in [2.45, 2.75) is 44.7 Å². The fourth-order valence-electron chi connectivity index (χ4n) is 3.46. The van der Waals surface area contributed by atoms with Crippen molar-refractivity contribution in [3.8, 4) is 0 Å². The smallest absolute Gasteiger partial charge is 0.318 e. The van der Waals surface area contributed by atoms with Crippen LogP contribution in [0.1, 0.15) is 42.7 Å². The third kappa shape index (κ3) is 2.64. The molecule has 1 saturated carbocycles. The zero-order chi connectivity index (χ0) is 15.0. The summed E-state index contributed by atoms with van der Waals surface area (Å²) < 4.78 is 0. The molecule has 3 rings (SSSR count). The molecule has 1 aromatic rings. The minimum atomic E-state index is -0.801. The number of rotatable bonds is 2. The van der Waals surface area contributed by atoms with Crippen molar-refractivity contribution < 1.29 is 14.7 Å². The molecule has 114 valence electrons. The zero-order valence-electron chi connectivity index (χ0n) is 12.0. The summed E-state index contributed by atoms with van der Waals surface area (Å²) in [5.74, 6) is -1.24. The Labute approximate surface area is 128 Å². The average Bonchev–Trinajstić information content (AvgIpc) is 3.07. The van der Waals surface area contributed by atoms with Crippen LogP contribution in [0.2, 0.25) is 0 Å². The van der Waals surface area contributed by atoms with Crippen molar-refractivity contribution in [1.82, 2.24) is 10.2 Å². The van der Waals surface area contributed by atoms with Gasteiger partial charge in [0.1, 0.15) is 0 Å². The Morgan fingerprint density at radius 2 is 2.24 bits per heavy atom. The minimum absolute atomic E-state index is 0.0599. The van der Waals surface area contributed by atoms with E-state index in [-0.39, 0.29) is 18.1 Å². The summed E-state index contributed by atoms with van der Waals surface area (Å²) in [6.45, 7) is 2.73. The number of carbonyl (C=O) groups is 2. The van der Waals surface area contributed by atoms with Crippen LogP contribution in [0.15, 0.2) is 11.4 Å². The van der Waals surface area contributed by atoms with Gasteiger partial charge in [0, 0.05) is 17.5 Å². The van der Waals surface area contributed by atoms with Crippen LogP contribution in [-0.4, -0.2) is 34.6 Å². The first-order chi connectivity index (χ1) is 10.1. The second-order valence-corrected chi connectivity index (χ2v) is 6.85. The fourth-order valence-corrected chi connectivity index (χ4v) is 4.42. The molecule has 0 spiro atoms. The standard InChI is InChI=1S/C15H20N2O3S/c1-9-10-6-8-21-13(10)5-7-17(9)15(20)16-12-4-2-3-11(12)14(18)19/h6,8-9,11-12H,2-5,7H2,1H3,(H,16,20)(H,18,19). The largest absolute Gasteiger partial charge is 0.481 e. The van der Waals surface area contributed by atoms with Crippen molar-refractivity contribution in [2.24, 2.45) is 5.92 Å². The van der Waals surface area contributed by atoms with Crippen LogP contribution in [0.3, 0.4) is 0 Å². The molecule has 0 bridgehead atoms. The van der Waals surface area contributed by atoms with Gasteiger partial charge >= 0.3 is 12.0 Å². The lowest BCUT2D eigenvalue weighted by Crippen LogP contribution is -2.49. The maximum absolute atomic E-state index is 12.5. The Morgan fingerprint density at radius 1 is 1.43 bits per heavy atom. The zero-order valence-corrected chi connectivity index (χ0v) is 12.9. The molecular formula is C15H20N2O3S. The Bertz CT molecular complexity index is 557. The molecule has 3 atom stereocenters. The summed E-state index contributed by atoms with van der Waals surface area (Å²) in [6.07, 6.45) is 3.17. The molecule has 1 fully saturated rings. The van der Waals surface area contributed by atoms with E-state index in [1.165, 1.54) is 10.4 Å². The topological polar surface area (TPSA) is 69.6 Å². The molecule has 21 heavy (non-hydrogen) atoms. The molecule has 5 nitrogen and oxygen atoms in total. The SMILES string of the molecule is CC1c2ccsc2CCN1C(=O)NC1CCCC1C(=O)O. The van der Waals surface area contributed by atoms with Crippen molar-refractivity contribution in [3.63, 3.8) is 0 Å². The molecule has 0 saturated heterocycles. The van der Waals surface area contributed by atoms with E-state index in [0.29, 0.717) is 13.0 Å². The third-order valence-electron chi connectivity index (χ3n) is 4.68. The maximum Gasteiger partial charge on any atom is 0.318 e. The van der Waals surface area contributed by atoms with Gasteiger partial charge < -0.3 is 15.3 Å². The van der Waals surface area contributed by atoms with Crippen LogP contribution in [0.5, 0.6) is 0 Å². The van der Waals surface area contributed by atoms with Crippen LogP contribution >= 0.6 is 11.3 Å². The van der Waals surface area contributed by atoms with Gasteiger partial charge in [-0.15, -0.1) is 11.3 Å². The van der Waals surface area contributed by atoms with Crippen molar-refractivity contribution >= 4 is 23.3 Å². The number of thiophene rings is 1. The summed E-state index contributed by atoms with van der Waals surface area (Å²) in [5, 5.41) is 14.2. The van der Waals surface area contributed by atoms with Crippen molar-refractivity contribution in [3.05, 3.63) is 21.9 Å². The van der Waals surface area contributed by atoms with E-state index in [4.69, 9.17) is 0 Å². The normalized spacial score (nSPS) is 28.2. The lowest BCUT2D eigenvalue weighted by Gasteiger charge is -2.35. The Hall–Kier alpha value is -1.56. The number of nitrogens with one attached hydrogen (secondary N) is 1. The summed E-state index contributed by atoms with van der Waals surface area (Å²) >= 11 is 1.74. The molecule has 2 N–H and O–H groups in total. The van der Waals surface area contributed by atoms with E-state index < -0.39 is 11.9 Å². The number of aliphatic carboxylic acids is 1. The molecule has 0 aromatic carbocycles. The predicted molar refractivity (Wildman–Crippen MR) is 80.4 cm³/mol. The summed E-state index contributed by atoms with van der Waals surface area (Å²) in [7, 11) is 0. The summed E-state index contributed by atoms with van der Waals surface area (Å²) in [6, 6.07) is 1.79. The van der Waals surface area contributed by atoms with E-state index in [9.17, 15) is 14.7 Å². The monoisotopic (exact) mass is 308 g/mol. The van der Waals surface area contributed by atoms with E-state index in [2.05, 4.69) is 16.8 Å². The maximum atomic E-state index is 12.5. The number of hydrogen-bond donors (Lipinski definition) is 2. The average molecular weight is 308 g/mol. The van der Waals surface area contributed by atoms with Crippen LogP contribution in [-0.2, 0) is 11.2 Å². The number of carbonyl (C=O) groups excluding carboxylic acids is 1. The lowest BCUT2D eigenvalue weighted by atomic mass is 10.0. The highest BCUT2D eigenvalue weighted by molar-refractivity contribution is 7.10. The number of fused-ring (bicyclic) bond motifs is 1. The quantitative estimate of drug-likeness (QED) is 0.882. The third-order valence-corrected chi connectivity index (χ3v) is 5.68. The predicted octanol–water partition coefficient (Wildman–Crippen LogP) is 2.63. The number of nitrogens with zero attached hydrogens (tertiary/aromatic N) is 1. The highest BCUT2D eigenvalue weighted by atomic mass is 32.1. The Balaban J connectivity index is 1.68. The van der Waals surface area contributed by atoms with Crippen LogP contribution in [0, 0.1) is 5.92 Å². The number of carboxylic acids is 1. The van der Waals surface area contributed by atoms with Crippen LogP contribution in [0.25, 0.3) is 0 Å². The number of amides is 2. The Morgan fingerprint density at radius 3 is 3.00 bits per heavy atom. The molecule has 2 aliphatic rings. The van der Waals surface area contributed by atoms with Gasteiger partial charge in [0.15, 0.2) is 0 Å². The molecular weight excluding hydrogens is 288 g/mol. The number of hydrogen-bond acceptors (Lipinski definition) is 3. The first kappa shape index (κ1) is 14.4. The number of carboxylic acid groups (broad SMARTS) is 1. The molecule has 6 heteroatoms. The van der Waals surface area contributed by atoms with Gasteiger partial charge in [0.05, 0.1) is 12.0 Å². The molecule has 1 aromatic heterocycles. The van der Waals surface area contributed by atoms with Crippen molar-refractivity contribution in [1.29, 1.82) is 0 Å². The van der Waals surface area contributed by atoms with Gasteiger partial charge in [-0.3, -0.25) is 4.79 Å². The van der Waals surface area contributed by atoms with Gasteiger partial charge in [-0.1, -0.05) is 6.42 Å². The molecule has 1 aliphatic carbocycles. The highest BCUT2D eigenvalue weighted by Gasteiger charge is 2.36.